The Kier molecular flexibility index (Phi) is 9.21. The molecule has 0 unspecified atom stereocenters. The minimum absolute atomic E-state index is 0.0359. The van der Waals surface area contributed by atoms with Crippen molar-refractivity contribution in [3.63, 3.8) is 0 Å². The Labute approximate surface area is 307 Å². The number of ketones is 1. The minimum atomic E-state index is -1.92. The average Bonchev–Trinajstić information content (AvgIpc) is 3.13. The lowest BCUT2D eigenvalue weighted by Crippen LogP contribution is -2.59. The van der Waals surface area contributed by atoms with Crippen LogP contribution in [0.3, 0.4) is 0 Å². The number of hydrogen-bond acceptors (Lipinski definition) is 5. The zero-order valence-electron chi connectivity index (χ0n) is 27.2. The first-order chi connectivity index (χ1) is 24.2. The molecule has 5 nitrogen and oxygen atoms in total. The second kappa shape index (κ2) is 13.6. The number of nitriles is 1. The molecule has 0 saturated heterocycles. The number of esters is 1. The van der Waals surface area contributed by atoms with Crippen LogP contribution < -0.4 is 0 Å². The highest BCUT2D eigenvalue weighted by Crippen LogP contribution is 2.64. The molecule has 0 bridgehead atoms. The van der Waals surface area contributed by atoms with Crippen molar-refractivity contribution in [2.75, 3.05) is 6.61 Å². The van der Waals surface area contributed by atoms with Gasteiger partial charge in [-0.2, -0.15) is 5.26 Å². The Hall–Kier alpha value is -4.61. The van der Waals surface area contributed by atoms with Crippen LogP contribution in [0.25, 0.3) is 21.5 Å². The van der Waals surface area contributed by atoms with Crippen LogP contribution in [0.2, 0.25) is 0 Å². The number of hydrogen-bond donors (Lipinski definition) is 1. The Morgan fingerprint density at radius 1 is 0.780 bits per heavy atom. The Morgan fingerprint density at radius 2 is 1.34 bits per heavy atom. The normalized spacial score (nSPS) is 23.3. The van der Waals surface area contributed by atoms with E-state index >= 15 is 4.79 Å². The van der Waals surface area contributed by atoms with Gasteiger partial charge in [-0.25, -0.2) is 0 Å². The molecule has 248 valence electrons. The third-order valence-electron chi connectivity index (χ3n) is 10.3. The van der Waals surface area contributed by atoms with Crippen LogP contribution in [0.1, 0.15) is 52.2 Å². The van der Waals surface area contributed by atoms with Crippen molar-refractivity contribution < 1.29 is 19.4 Å². The maximum atomic E-state index is 15.6. The number of nitrogens with zero attached hydrogens (tertiary/aromatic N) is 1. The standard InChI is InChI=1S/C43H33Br2NO4/c1-2-50-41(48)42(26-46)37(29-15-7-17-31(44)23-29)25-43(49,36-22-10-14-28-12-4-6-20-34(28)36)39(38(42)30-16-8-18-32(45)24-30)40(47)35-21-9-13-27-11-3-5-19-33(27)35/h3-24,37-39,49H,2,25H2,1H3/t37-,38-,39-,42+,43-/m0/s1. The number of carbonyl (C=O) groups is 2. The van der Waals surface area contributed by atoms with Gasteiger partial charge >= 0.3 is 5.97 Å². The molecule has 0 spiro atoms. The van der Waals surface area contributed by atoms with E-state index in [4.69, 9.17) is 4.74 Å². The SMILES string of the molecule is CCOC(=O)[C@]1(C#N)[C@H](c2cccc(Br)c2)C[C@](O)(c2cccc3ccccc23)[C@H](C(=O)c2cccc3ccccc23)[C@@H]1c1cccc(Br)c1. The molecule has 7 rings (SSSR count). The van der Waals surface area contributed by atoms with Gasteiger partial charge in [0.15, 0.2) is 11.2 Å². The number of aliphatic hydroxyl groups is 1. The van der Waals surface area contributed by atoms with E-state index in [-0.39, 0.29) is 18.8 Å². The Bertz CT molecular complexity index is 2300. The lowest BCUT2D eigenvalue weighted by atomic mass is 9.47. The molecule has 0 aromatic heterocycles. The number of ether oxygens (including phenoxy) is 1. The van der Waals surface area contributed by atoms with Crippen molar-refractivity contribution in [1.82, 2.24) is 0 Å². The van der Waals surface area contributed by atoms with Gasteiger partial charge in [0, 0.05) is 26.3 Å². The summed E-state index contributed by atoms with van der Waals surface area (Å²) in [5, 5.41) is 28.5. The van der Waals surface area contributed by atoms with Crippen molar-refractivity contribution in [1.29, 1.82) is 5.26 Å². The lowest BCUT2D eigenvalue weighted by molar-refractivity contribution is -0.164. The largest absolute Gasteiger partial charge is 0.465 e. The fraction of sp³-hybridized carbons (Fsp3) is 0.186. The second-order valence-electron chi connectivity index (χ2n) is 12.9. The summed E-state index contributed by atoms with van der Waals surface area (Å²) in [4.78, 5) is 30.4. The summed E-state index contributed by atoms with van der Waals surface area (Å²) in [6, 6.07) is 44.0. The summed E-state index contributed by atoms with van der Waals surface area (Å²) >= 11 is 7.21. The molecule has 5 atom stereocenters. The number of halogens is 2. The monoisotopic (exact) mass is 785 g/mol. The van der Waals surface area contributed by atoms with Crippen molar-refractivity contribution in [3.8, 4) is 6.07 Å². The highest BCUT2D eigenvalue weighted by atomic mass is 79.9. The number of rotatable bonds is 7. The van der Waals surface area contributed by atoms with E-state index in [0.717, 1.165) is 26.0 Å². The molecular formula is C43H33Br2NO4. The van der Waals surface area contributed by atoms with E-state index < -0.39 is 34.7 Å². The van der Waals surface area contributed by atoms with E-state index in [0.29, 0.717) is 26.7 Å². The second-order valence-corrected chi connectivity index (χ2v) is 14.7. The predicted octanol–water partition coefficient (Wildman–Crippen LogP) is 10.2. The van der Waals surface area contributed by atoms with Crippen molar-refractivity contribution in [2.45, 2.75) is 30.8 Å². The van der Waals surface area contributed by atoms with Crippen LogP contribution in [-0.4, -0.2) is 23.5 Å². The predicted molar refractivity (Wildman–Crippen MR) is 203 cm³/mol. The Morgan fingerprint density at radius 3 is 2.00 bits per heavy atom. The highest BCUT2D eigenvalue weighted by Gasteiger charge is 2.68. The number of fused-ring (bicyclic) bond motifs is 2. The Balaban J connectivity index is 1.63. The molecule has 1 saturated carbocycles. The molecule has 0 radical (unpaired) electrons. The van der Waals surface area contributed by atoms with Crippen LogP contribution in [0.4, 0.5) is 0 Å². The summed E-state index contributed by atoms with van der Waals surface area (Å²) in [5.74, 6) is -4.40. The lowest BCUT2D eigenvalue weighted by Gasteiger charge is -2.54. The maximum Gasteiger partial charge on any atom is 0.327 e. The van der Waals surface area contributed by atoms with Gasteiger partial charge in [-0.3, -0.25) is 9.59 Å². The van der Waals surface area contributed by atoms with E-state index in [2.05, 4.69) is 37.9 Å². The molecule has 0 aliphatic heterocycles. The van der Waals surface area contributed by atoms with Gasteiger partial charge in [0.1, 0.15) is 5.60 Å². The van der Waals surface area contributed by atoms with Gasteiger partial charge in [0.25, 0.3) is 0 Å². The number of Topliss-reactive ketones (excluding diaryl/α,β-unsaturated/α-hetero) is 1. The van der Waals surface area contributed by atoms with E-state index in [1.807, 2.05) is 127 Å². The molecule has 1 fully saturated rings. The first kappa shape index (κ1) is 33.9. The van der Waals surface area contributed by atoms with Crippen molar-refractivity contribution in [3.05, 3.63) is 165 Å². The fourth-order valence-electron chi connectivity index (χ4n) is 8.18. The van der Waals surface area contributed by atoms with Crippen LogP contribution in [-0.2, 0) is 15.1 Å². The molecule has 50 heavy (non-hydrogen) atoms. The summed E-state index contributed by atoms with van der Waals surface area (Å²) in [6.45, 7) is 1.74. The quantitative estimate of drug-likeness (QED) is 0.129. The zero-order valence-corrected chi connectivity index (χ0v) is 30.4. The molecule has 1 N–H and O–H groups in total. The molecule has 0 amide bonds. The van der Waals surface area contributed by atoms with Crippen LogP contribution in [0.5, 0.6) is 0 Å². The van der Waals surface area contributed by atoms with E-state index in [9.17, 15) is 15.2 Å². The molecule has 6 aromatic rings. The van der Waals surface area contributed by atoms with Crippen LogP contribution in [0, 0.1) is 22.7 Å². The van der Waals surface area contributed by atoms with Gasteiger partial charge in [-0.05, 0) is 75.8 Å². The highest BCUT2D eigenvalue weighted by molar-refractivity contribution is 9.10. The van der Waals surface area contributed by atoms with Crippen LogP contribution >= 0.6 is 31.9 Å². The molecule has 1 aliphatic carbocycles. The maximum absolute atomic E-state index is 15.6. The topological polar surface area (TPSA) is 87.4 Å². The van der Waals surface area contributed by atoms with Gasteiger partial charge in [0.2, 0.25) is 0 Å². The van der Waals surface area contributed by atoms with Crippen molar-refractivity contribution >= 4 is 65.2 Å². The number of carbonyl (C=O) groups excluding carboxylic acids is 2. The average molecular weight is 788 g/mol. The molecule has 0 heterocycles. The smallest absolute Gasteiger partial charge is 0.327 e. The molecule has 6 aromatic carbocycles. The summed E-state index contributed by atoms with van der Waals surface area (Å²) < 4.78 is 7.28. The molecule has 7 heteroatoms. The van der Waals surface area contributed by atoms with Crippen LogP contribution in [0.15, 0.2) is 142 Å². The summed E-state index contributed by atoms with van der Waals surface area (Å²) in [7, 11) is 0. The molecular weight excluding hydrogens is 754 g/mol. The third kappa shape index (κ3) is 5.56. The third-order valence-corrected chi connectivity index (χ3v) is 11.2. The molecule has 1 aliphatic rings. The van der Waals surface area contributed by atoms with Gasteiger partial charge in [-0.15, -0.1) is 0 Å². The van der Waals surface area contributed by atoms with Gasteiger partial charge < -0.3 is 9.84 Å². The summed E-state index contributed by atoms with van der Waals surface area (Å²) in [5.41, 5.74) is -1.58. The first-order valence-electron chi connectivity index (χ1n) is 16.5. The fourth-order valence-corrected chi connectivity index (χ4v) is 9.02. The minimum Gasteiger partial charge on any atom is -0.465 e. The number of benzene rings is 6. The van der Waals surface area contributed by atoms with Crippen molar-refractivity contribution in [2.24, 2.45) is 11.3 Å². The van der Waals surface area contributed by atoms with Gasteiger partial charge in [0.05, 0.1) is 18.6 Å². The summed E-state index contributed by atoms with van der Waals surface area (Å²) in [6.07, 6.45) is -0.102. The zero-order chi connectivity index (χ0) is 35.0. The van der Waals surface area contributed by atoms with E-state index in [1.54, 1.807) is 13.0 Å². The first-order valence-corrected chi connectivity index (χ1v) is 18.1. The van der Waals surface area contributed by atoms with Gasteiger partial charge in [-0.1, -0.05) is 141 Å². The van der Waals surface area contributed by atoms with E-state index in [1.165, 1.54) is 0 Å².